The monoisotopic (exact) mass is 270 g/mol. The third-order valence-corrected chi connectivity index (χ3v) is 2.72. The van der Waals surface area contributed by atoms with E-state index in [4.69, 9.17) is 0 Å². The highest BCUT2D eigenvalue weighted by atomic mass is 79.9. The number of aromatic nitrogens is 1. The summed E-state index contributed by atoms with van der Waals surface area (Å²) in [5.41, 5.74) is -0.0250. The molecule has 2 rings (SSSR count). The summed E-state index contributed by atoms with van der Waals surface area (Å²) in [5.74, 6) is -0.687. The Bertz CT molecular complexity index is 559. The summed E-state index contributed by atoms with van der Waals surface area (Å²) in [6.07, 6.45) is 1.45. The van der Waals surface area contributed by atoms with Gasteiger partial charge in [-0.2, -0.15) is 0 Å². The predicted octanol–water partition coefficient (Wildman–Crippen LogP) is 3.04. The summed E-state index contributed by atoms with van der Waals surface area (Å²) in [5, 5.41) is 11.0. The van der Waals surface area contributed by atoms with Gasteiger partial charge < -0.3 is 0 Å². The molecule has 0 aliphatic rings. The van der Waals surface area contributed by atoms with Crippen LogP contribution in [0.5, 0.6) is 0 Å². The molecule has 0 unspecified atom stereocenters. The SMILES string of the molecule is O=[N+]([O-])c1cc(F)c(Br)c2ncccc12. The first kappa shape index (κ1) is 9.97. The number of benzene rings is 1. The zero-order chi connectivity index (χ0) is 11.0. The van der Waals surface area contributed by atoms with Crippen molar-refractivity contribution in [3.8, 4) is 0 Å². The summed E-state index contributed by atoms with van der Waals surface area (Å²) in [6, 6.07) is 3.98. The van der Waals surface area contributed by atoms with Crippen LogP contribution in [0.3, 0.4) is 0 Å². The Hall–Kier alpha value is -1.56. The summed E-state index contributed by atoms with van der Waals surface area (Å²) in [4.78, 5) is 13.9. The van der Waals surface area contributed by atoms with Gasteiger partial charge in [-0.1, -0.05) is 0 Å². The highest BCUT2D eigenvalue weighted by molar-refractivity contribution is 9.10. The quantitative estimate of drug-likeness (QED) is 0.591. The second kappa shape index (κ2) is 3.54. The molecule has 0 aliphatic heterocycles. The standard InChI is InChI=1S/C9H4BrFN2O2/c10-8-6(11)4-7(13(14)15)5-2-1-3-12-9(5)8/h1-4H. The average molecular weight is 271 g/mol. The van der Waals surface area contributed by atoms with E-state index in [1.807, 2.05) is 0 Å². The molecule has 0 saturated heterocycles. The number of rotatable bonds is 1. The molecule has 76 valence electrons. The maximum absolute atomic E-state index is 13.3. The van der Waals surface area contributed by atoms with Gasteiger partial charge in [-0.3, -0.25) is 15.1 Å². The lowest BCUT2D eigenvalue weighted by Crippen LogP contribution is -1.93. The van der Waals surface area contributed by atoms with Crippen molar-refractivity contribution >= 4 is 32.5 Å². The Morgan fingerprint density at radius 2 is 2.27 bits per heavy atom. The molecular weight excluding hydrogens is 267 g/mol. The molecule has 1 aromatic carbocycles. The van der Waals surface area contributed by atoms with Gasteiger partial charge >= 0.3 is 0 Å². The topological polar surface area (TPSA) is 56.0 Å². The normalized spacial score (nSPS) is 10.5. The lowest BCUT2D eigenvalue weighted by Gasteiger charge is -2.01. The van der Waals surface area contributed by atoms with E-state index >= 15 is 0 Å². The molecule has 0 spiro atoms. The number of fused-ring (bicyclic) bond motifs is 1. The molecule has 0 fully saturated rings. The van der Waals surface area contributed by atoms with Crippen molar-refractivity contribution in [1.29, 1.82) is 0 Å². The third kappa shape index (κ3) is 1.56. The minimum atomic E-state index is -0.687. The summed E-state index contributed by atoms with van der Waals surface area (Å²) >= 11 is 3.00. The number of halogens is 2. The van der Waals surface area contributed by atoms with Crippen LogP contribution in [0.25, 0.3) is 10.9 Å². The van der Waals surface area contributed by atoms with Crippen LogP contribution < -0.4 is 0 Å². The fourth-order valence-electron chi connectivity index (χ4n) is 1.31. The molecule has 4 nitrogen and oxygen atoms in total. The van der Waals surface area contributed by atoms with Gasteiger partial charge in [-0.25, -0.2) is 4.39 Å². The first-order valence-electron chi connectivity index (χ1n) is 3.98. The van der Waals surface area contributed by atoms with Crippen LogP contribution in [0.1, 0.15) is 0 Å². The number of hydrogen-bond donors (Lipinski definition) is 0. The summed E-state index contributed by atoms with van der Waals surface area (Å²) in [6.45, 7) is 0. The van der Waals surface area contributed by atoms with Crippen molar-refractivity contribution < 1.29 is 9.31 Å². The number of non-ortho nitro benzene ring substituents is 1. The van der Waals surface area contributed by atoms with Crippen LogP contribution in [-0.2, 0) is 0 Å². The van der Waals surface area contributed by atoms with E-state index in [9.17, 15) is 14.5 Å². The minimum Gasteiger partial charge on any atom is -0.258 e. The lowest BCUT2D eigenvalue weighted by molar-refractivity contribution is -0.383. The van der Waals surface area contributed by atoms with E-state index < -0.39 is 10.7 Å². The van der Waals surface area contributed by atoms with Crippen LogP contribution in [0.2, 0.25) is 0 Å². The number of nitro benzene ring substituents is 1. The molecular formula is C9H4BrFN2O2. The molecule has 0 bridgehead atoms. The maximum atomic E-state index is 13.3. The molecule has 0 amide bonds. The van der Waals surface area contributed by atoms with Crippen molar-refractivity contribution in [3.63, 3.8) is 0 Å². The second-order valence-electron chi connectivity index (χ2n) is 2.85. The average Bonchev–Trinajstić information content (AvgIpc) is 2.23. The van der Waals surface area contributed by atoms with Gasteiger partial charge in [-0.15, -0.1) is 0 Å². The molecule has 0 saturated carbocycles. The zero-order valence-corrected chi connectivity index (χ0v) is 8.86. The number of pyridine rings is 1. The maximum Gasteiger partial charge on any atom is 0.281 e. The molecule has 2 aromatic rings. The zero-order valence-electron chi connectivity index (χ0n) is 7.28. The molecule has 0 N–H and O–H groups in total. The van der Waals surface area contributed by atoms with Crippen LogP contribution >= 0.6 is 15.9 Å². The molecule has 1 heterocycles. The molecule has 0 atom stereocenters. The van der Waals surface area contributed by atoms with Crippen LogP contribution in [0, 0.1) is 15.9 Å². The van der Waals surface area contributed by atoms with E-state index in [0.717, 1.165) is 6.07 Å². The summed E-state index contributed by atoms with van der Waals surface area (Å²) < 4.78 is 13.4. The number of nitro groups is 1. The van der Waals surface area contributed by atoms with Crippen molar-refractivity contribution in [3.05, 3.63) is 44.8 Å². The van der Waals surface area contributed by atoms with Crippen molar-refractivity contribution in [1.82, 2.24) is 4.98 Å². The van der Waals surface area contributed by atoms with Crippen LogP contribution in [-0.4, -0.2) is 9.91 Å². The second-order valence-corrected chi connectivity index (χ2v) is 3.64. The fraction of sp³-hybridized carbons (Fsp3) is 0. The van der Waals surface area contributed by atoms with Crippen molar-refractivity contribution in [2.45, 2.75) is 0 Å². The molecule has 15 heavy (non-hydrogen) atoms. The number of nitrogens with zero attached hydrogens (tertiary/aromatic N) is 2. The van der Waals surface area contributed by atoms with Gasteiger partial charge in [0.05, 0.1) is 26.4 Å². The Morgan fingerprint density at radius 3 is 2.93 bits per heavy atom. The third-order valence-electron chi connectivity index (χ3n) is 1.96. The van der Waals surface area contributed by atoms with Gasteiger partial charge in [0.25, 0.3) is 5.69 Å². The van der Waals surface area contributed by atoms with E-state index in [-0.39, 0.29) is 15.7 Å². The highest BCUT2D eigenvalue weighted by Gasteiger charge is 2.18. The fourth-order valence-corrected chi connectivity index (χ4v) is 1.74. The largest absolute Gasteiger partial charge is 0.281 e. The molecule has 6 heteroatoms. The van der Waals surface area contributed by atoms with Crippen LogP contribution in [0.15, 0.2) is 28.9 Å². The molecule has 0 radical (unpaired) electrons. The van der Waals surface area contributed by atoms with E-state index in [1.54, 1.807) is 6.07 Å². The van der Waals surface area contributed by atoms with Gasteiger partial charge in [0, 0.05) is 6.20 Å². The Kier molecular flexibility index (Phi) is 2.36. The Labute approximate surface area is 92.0 Å². The number of hydrogen-bond acceptors (Lipinski definition) is 3. The first-order valence-corrected chi connectivity index (χ1v) is 4.77. The molecule has 1 aromatic heterocycles. The van der Waals surface area contributed by atoms with Crippen molar-refractivity contribution in [2.75, 3.05) is 0 Å². The van der Waals surface area contributed by atoms with Gasteiger partial charge in [0.2, 0.25) is 0 Å². The van der Waals surface area contributed by atoms with Crippen molar-refractivity contribution in [2.24, 2.45) is 0 Å². The Balaban J connectivity index is 2.94. The van der Waals surface area contributed by atoms with E-state index in [1.165, 1.54) is 12.3 Å². The van der Waals surface area contributed by atoms with Gasteiger partial charge in [0.1, 0.15) is 5.82 Å². The summed E-state index contributed by atoms with van der Waals surface area (Å²) in [7, 11) is 0. The predicted molar refractivity (Wildman–Crippen MR) is 56.1 cm³/mol. The first-order chi connectivity index (χ1) is 7.11. The van der Waals surface area contributed by atoms with E-state index in [2.05, 4.69) is 20.9 Å². The Morgan fingerprint density at radius 1 is 1.53 bits per heavy atom. The molecule has 0 aliphatic carbocycles. The van der Waals surface area contributed by atoms with Gasteiger partial charge in [-0.05, 0) is 28.1 Å². The highest BCUT2D eigenvalue weighted by Crippen LogP contribution is 2.32. The minimum absolute atomic E-state index is 0.142. The van der Waals surface area contributed by atoms with Crippen LogP contribution in [0.4, 0.5) is 10.1 Å². The van der Waals surface area contributed by atoms with Gasteiger partial charge in [0.15, 0.2) is 0 Å². The van der Waals surface area contributed by atoms with E-state index in [0.29, 0.717) is 5.39 Å². The lowest BCUT2D eigenvalue weighted by atomic mass is 10.2. The smallest absolute Gasteiger partial charge is 0.258 e.